The summed E-state index contributed by atoms with van der Waals surface area (Å²) in [7, 11) is 0. The number of allylic oxidation sites excluding steroid dienone is 1. The van der Waals surface area contributed by atoms with E-state index in [0.29, 0.717) is 16.9 Å². The number of hydrogen-bond acceptors (Lipinski definition) is 4. The Kier molecular flexibility index (Phi) is 4.29. The van der Waals surface area contributed by atoms with E-state index in [4.69, 9.17) is 4.74 Å². The summed E-state index contributed by atoms with van der Waals surface area (Å²) in [6.45, 7) is 5.64. The standard InChI is InChI=1S/C18H17N3O3/c1-3-6-13-7-4-5-8-17(13)24-12(2)18-19-15-10-9-14(21(22)23)11-16(15)20-18/h3-5,7-12H,1,6H2,2H3,(H,19,20). The van der Waals surface area contributed by atoms with Crippen molar-refractivity contribution >= 4 is 16.7 Å². The van der Waals surface area contributed by atoms with Crippen LogP contribution in [-0.2, 0) is 6.42 Å². The number of rotatable bonds is 6. The van der Waals surface area contributed by atoms with E-state index >= 15 is 0 Å². The first-order valence-corrected chi connectivity index (χ1v) is 7.58. The van der Waals surface area contributed by atoms with E-state index in [2.05, 4.69) is 16.5 Å². The normalized spacial score (nSPS) is 12.0. The Labute approximate surface area is 139 Å². The lowest BCUT2D eigenvalue weighted by Crippen LogP contribution is -2.06. The van der Waals surface area contributed by atoms with Crippen LogP contribution in [0.1, 0.15) is 24.4 Å². The van der Waals surface area contributed by atoms with Gasteiger partial charge in [-0.25, -0.2) is 4.98 Å². The van der Waals surface area contributed by atoms with Crippen molar-refractivity contribution in [3.63, 3.8) is 0 Å². The molecular formula is C18H17N3O3. The largest absolute Gasteiger partial charge is 0.483 e. The highest BCUT2D eigenvalue weighted by molar-refractivity contribution is 5.77. The van der Waals surface area contributed by atoms with E-state index in [1.165, 1.54) is 12.1 Å². The van der Waals surface area contributed by atoms with Gasteiger partial charge in [0.25, 0.3) is 5.69 Å². The van der Waals surface area contributed by atoms with Crippen LogP contribution < -0.4 is 4.74 Å². The maximum Gasteiger partial charge on any atom is 0.271 e. The Morgan fingerprint density at radius 1 is 1.38 bits per heavy atom. The van der Waals surface area contributed by atoms with Crippen molar-refractivity contribution in [2.75, 3.05) is 0 Å². The molecule has 0 aliphatic heterocycles. The van der Waals surface area contributed by atoms with Gasteiger partial charge in [-0.05, 0) is 31.0 Å². The van der Waals surface area contributed by atoms with E-state index in [9.17, 15) is 10.1 Å². The molecule has 24 heavy (non-hydrogen) atoms. The fraction of sp³-hybridized carbons (Fsp3) is 0.167. The quantitative estimate of drug-likeness (QED) is 0.415. The third-order valence-corrected chi connectivity index (χ3v) is 3.72. The first-order valence-electron chi connectivity index (χ1n) is 7.58. The van der Waals surface area contributed by atoms with Gasteiger partial charge < -0.3 is 9.72 Å². The van der Waals surface area contributed by atoms with Crippen LogP contribution in [-0.4, -0.2) is 14.9 Å². The fourth-order valence-electron chi connectivity index (χ4n) is 2.51. The maximum absolute atomic E-state index is 10.9. The minimum absolute atomic E-state index is 0.0302. The number of hydrogen-bond donors (Lipinski definition) is 1. The second-order valence-corrected chi connectivity index (χ2v) is 5.44. The Morgan fingerprint density at radius 3 is 2.92 bits per heavy atom. The molecule has 1 heterocycles. The molecular weight excluding hydrogens is 306 g/mol. The molecule has 0 amide bonds. The topological polar surface area (TPSA) is 81.1 Å². The second kappa shape index (κ2) is 6.54. The predicted molar refractivity (Wildman–Crippen MR) is 92.1 cm³/mol. The summed E-state index contributed by atoms with van der Waals surface area (Å²) in [6, 6.07) is 12.3. The summed E-state index contributed by atoms with van der Waals surface area (Å²) in [5.74, 6) is 1.40. The molecule has 0 bridgehead atoms. The van der Waals surface area contributed by atoms with Gasteiger partial charge in [-0.2, -0.15) is 0 Å². The SMILES string of the molecule is C=CCc1ccccc1OC(C)c1nc2ccc([N+](=O)[O-])cc2[nH]1. The number of aromatic nitrogens is 2. The molecule has 122 valence electrons. The number of fused-ring (bicyclic) bond motifs is 1. The molecule has 6 heteroatoms. The van der Waals surface area contributed by atoms with Crippen LogP contribution >= 0.6 is 0 Å². The molecule has 0 radical (unpaired) electrons. The van der Waals surface area contributed by atoms with Crippen LogP contribution in [0.15, 0.2) is 55.1 Å². The Bertz CT molecular complexity index is 901. The van der Waals surface area contributed by atoms with Gasteiger partial charge in [-0.15, -0.1) is 6.58 Å². The average molecular weight is 323 g/mol. The van der Waals surface area contributed by atoms with Crippen molar-refractivity contribution in [3.8, 4) is 5.75 Å². The van der Waals surface area contributed by atoms with E-state index in [-0.39, 0.29) is 11.8 Å². The van der Waals surface area contributed by atoms with Gasteiger partial charge in [-0.1, -0.05) is 24.3 Å². The number of nitro groups is 1. The fourth-order valence-corrected chi connectivity index (χ4v) is 2.51. The Morgan fingerprint density at radius 2 is 2.17 bits per heavy atom. The van der Waals surface area contributed by atoms with Crippen molar-refractivity contribution in [3.05, 3.63) is 76.6 Å². The summed E-state index contributed by atoms with van der Waals surface area (Å²) in [5.41, 5.74) is 2.37. The summed E-state index contributed by atoms with van der Waals surface area (Å²) in [5, 5.41) is 10.9. The molecule has 6 nitrogen and oxygen atoms in total. The van der Waals surface area contributed by atoms with Crippen molar-refractivity contribution in [2.24, 2.45) is 0 Å². The molecule has 2 aromatic carbocycles. The van der Waals surface area contributed by atoms with Crippen molar-refractivity contribution < 1.29 is 9.66 Å². The highest BCUT2D eigenvalue weighted by Gasteiger charge is 2.16. The lowest BCUT2D eigenvalue weighted by atomic mass is 10.1. The van der Waals surface area contributed by atoms with Crippen LogP contribution in [0.5, 0.6) is 5.75 Å². The number of nitrogens with zero attached hydrogens (tertiary/aromatic N) is 2. The smallest absolute Gasteiger partial charge is 0.271 e. The molecule has 1 unspecified atom stereocenters. The molecule has 0 aliphatic rings. The van der Waals surface area contributed by atoms with E-state index in [1.807, 2.05) is 37.3 Å². The second-order valence-electron chi connectivity index (χ2n) is 5.44. The summed E-state index contributed by atoms with van der Waals surface area (Å²) >= 11 is 0. The molecule has 1 atom stereocenters. The molecule has 0 aliphatic carbocycles. The van der Waals surface area contributed by atoms with Gasteiger partial charge in [0.15, 0.2) is 6.10 Å². The van der Waals surface area contributed by atoms with Gasteiger partial charge in [-0.3, -0.25) is 10.1 Å². The van der Waals surface area contributed by atoms with Crippen LogP contribution in [0.4, 0.5) is 5.69 Å². The van der Waals surface area contributed by atoms with Gasteiger partial charge >= 0.3 is 0 Å². The maximum atomic E-state index is 10.9. The molecule has 1 aromatic heterocycles. The van der Waals surface area contributed by atoms with Gasteiger partial charge in [0.2, 0.25) is 0 Å². The monoisotopic (exact) mass is 323 g/mol. The number of nitrogens with one attached hydrogen (secondary N) is 1. The van der Waals surface area contributed by atoms with Crippen LogP contribution in [0.3, 0.4) is 0 Å². The third-order valence-electron chi connectivity index (χ3n) is 3.72. The number of imidazole rings is 1. The first-order chi connectivity index (χ1) is 11.6. The highest BCUT2D eigenvalue weighted by Crippen LogP contribution is 2.26. The number of benzene rings is 2. The van der Waals surface area contributed by atoms with Gasteiger partial charge in [0.1, 0.15) is 11.6 Å². The van der Waals surface area contributed by atoms with Gasteiger partial charge in [0.05, 0.1) is 16.0 Å². The molecule has 1 N–H and O–H groups in total. The molecule has 3 rings (SSSR count). The van der Waals surface area contributed by atoms with Crippen molar-refractivity contribution in [2.45, 2.75) is 19.4 Å². The van der Waals surface area contributed by atoms with Crippen LogP contribution in [0, 0.1) is 10.1 Å². The van der Waals surface area contributed by atoms with Crippen LogP contribution in [0.2, 0.25) is 0 Å². The van der Waals surface area contributed by atoms with E-state index in [1.54, 1.807) is 6.07 Å². The highest BCUT2D eigenvalue weighted by atomic mass is 16.6. The Balaban J connectivity index is 1.87. The number of aromatic amines is 1. The Hall–Kier alpha value is -3.15. The molecule has 0 spiro atoms. The lowest BCUT2D eigenvalue weighted by molar-refractivity contribution is -0.384. The number of H-pyrrole nitrogens is 1. The zero-order chi connectivity index (χ0) is 17.1. The van der Waals surface area contributed by atoms with E-state index < -0.39 is 4.92 Å². The number of nitro benzene ring substituents is 1. The summed E-state index contributed by atoms with van der Waals surface area (Å²) in [6.07, 6.45) is 2.23. The zero-order valence-electron chi connectivity index (χ0n) is 13.2. The summed E-state index contributed by atoms with van der Waals surface area (Å²) < 4.78 is 6.02. The first kappa shape index (κ1) is 15.7. The lowest BCUT2D eigenvalue weighted by Gasteiger charge is -2.15. The number of para-hydroxylation sites is 1. The minimum Gasteiger partial charge on any atom is -0.483 e. The van der Waals surface area contributed by atoms with E-state index in [0.717, 1.165) is 17.7 Å². The molecule has 0 saturated carbocycles. The number of ether oxygens (including phenoxy) is 1. The average Bonchev–Trinajstić information content (AvgIpc) is 3.00. The van der Waals surface area contributed by atoms with Crippen molar-refractivity contribution in [1.29, 1.82) is 0 Å². The minimum atomic E-state index is -0.425. The van der Waals surface area contributed by atoms with Crippen molar-refractivity contribution in [1.82, 2.24) is 9.97 Å². The number of non-ortho nitro benzene ring substituents is 1. The van der Waals surface area contributed by atoms with Crippen LogP contribution in [0.25, 0.3) is 11.0 Å². The van der Waals surface area contributed by atoms with Gasteiger partial charge in [0, 0.05) is 12.1 Å². The molecule has 3 aromatic rings. The third kappa shape index (κ3) is 3.12. The zero-order valence-corrected chi connectivity index (χ0v) is 13.2. The molecule has 0 saturated heterocycles. The molecule has 0 fully saturated rings. The predicted octanol–water partition coefficient (Wildman–Crippen LogP) is 4.34. The summed E-state index contributed by atoms with van der Waals surface area (Å²) in [4.78, 5) is 18.0.